The molecule has 0 aliphatic carbocycles. The first-order valence-electron chi connectivity index (χ1n) is 8.44. The fraction of sp³-hybridized carbons (Fsp3) is 0.611. The van der Waals surface area contributed by atoms with Crippen LogP contribution >= 0.6 is 0 Å². The third kappa shape index (κ3) is 3.49. The van der Waals surface area contributed by atoms with Gasteiger partial charge in [-0.15, -0.1) is 0 Å². The van der Waals surface area contributed by atoms with Gasteiger partial charge in [0.2, 0.25) is 0 Å². The molecule has 1 amide bonds. The van der Waals surface area contributed by atoms with Gasteiger partial charge in [-0.2, -0.15) is 0 Å². The van der Waals surface area contributed by atoms with Crippen molar-refractivity contribution in [1.29, 1.82) is 0 Å². The Kier molecular flexibility index (Phi) is 4.77. The molecule has 22 heavy (non-hydrogen) atoms. The first kappa shape index (κ1) is 15.5. The number of amides is 1. The number of carbonyl (C=O) groups is 1. The second-order valence-corrected chi connectivity index (χ2v) is 6.80. The summed E-state index contributed by atoms with van der Waals surface area (Å²) in [5, 5.41) is 3.32. The summed E-state index contributed by atoms with van der Waals surface area (Å²) in [4.78, 5) is 14.6. The van der Waals surface area contributed by atoms with Crippen LogP contribution in [-0.2, 0) is 0 Å². The second-order valence-electron chi connectivity index (χ2n) is 6.80. The van der Waals surface area contributed by atoms with Crippen molar-refractivity contribution >= 4 is 5.91 Å². The number of halogens is 1. The van der Waals surface area contributed by atoms with Gasteiger partial charge < -0.3 is 10.2 Å². The molecular formula is C18H25FN2O. The van der Waals surface area contributed by atoms with E-state index in [1.807, 2.05) is 11.0 Å². The summed E-state index contributed by atoms with van der Waals surface area (Å²) in [6.45, 7) is 5.69. The molecule has 0 bridgehead atoms. The van der Waals surface area contributed by atoms with Crippen LogP contribution < -0.4 is 5.32 Å². The average Bonchev–Trinajstić information content (AvgIpc) is 2.54. The van der Waals surface area contributed by atoms with Crippen molar-refractivity contribution in [2.75, 3.05) is 26.2 Å². The molecule has 0 radical (unpaired) electrons. The van der Waals surface area contributed by atoms with E-state index >= 15 is 0 Å². The molecule has 3 rings (SSSR count). The third-order valence-corrected chi connectivity index (χ3v) is 4.92. The third-order valence-electron chi connectivity index (χ3n) is 4.92. The molecule has 2 saturated heterocycles. The maximum absolute atomic E-state index is 14.0. The summed E-state index contributed by atoms with van der Waals surface area (Å²) in [7, 11) is 0. The van der Waals surface area contributed by atoms with E-state index in [1.54, 1.807) is 6.07 Å². The van der Waals surface area contributed by atoms with Crippen molar-refractivity contribution < 1.29 is 9.18 Å². The highest BCUT2D eigenvalue weighted by Gasteiger charge is 2.24. The summed E-state index contributed by atoms with van der Waals surface area (Å²) < 4.78 is 14.0. The fourth-order valence-electron chi connectivity index (χ4n) is 3.68. The normalized spacial score (nSPS) is 23.5. The Balaban J connectivity index is 1.80. The Labute approximate surface area is 131 Å². The minimum atomic E-state index is -0.288. The molecule has 2 fully saturated rings. The lowest BCUT2D eigenvalue weighted by Crippen LogP contribution is -2.39. The van der Waals surface area contributed by atoms with E-state index in [0.717, 1.165) is 51.0 Å². The summed E-state index contributed by atoms with van der Waals surface area (Å²) in [5.74, 6) is 0.601. The van der Waals surface area contributed by atoms with E-state index in [4.69, 9.17) is 0 Å². The van der Waals surface area contributed by atoms with Crippen molar-refractivity contribution in [1.82, 2.24) is 10.2 Å². The van der Waals surface area contributed by atoms with E-state index in [-0.39, 0.29) is 11.7 Å². The smallest absolute Gasteiger partial charge is 0.253 e. The van der Waals surface area contributed by atoms with E-state index in [1.165, 1.54) is 12.5 Å². The molecule has 0 aromatic heterocycles. The number of hydrogen-bond donors (Lipinski definition) is 1. The van der Waals surface area contributed by atoms with Crippen LogP contribution in [0.5, 0.6) is 0 Å². The van der Waals surface area contributed by atoms with E-state index in [2.05, 4.69) is 12.2 Å². The van der Waals surface area contributed by atoms with Gasteiger partial charge in [-0.3, -0.25) is 4.79 Å². The van der Waals surface area contributed by atoms with E-state index < -0.39 is 0 Å². The number of hydrogen-bond acceptors (Lipinski definition) is 2. The van der Waals surface area contributed by atoms with Crippen LogP contribution in [0.2, 0.25) is 0 Å². The Bertz CT molecular complexity index is 540. The zero-order valence-corrected chi connectivity index (χ0v) is 13.3. The largest absolute Gasteiger partial charge is 0.338 e. The monoisotopic (exact) mass is 304 g/mol. The number of benzene rings is 1. The minimum absolute atomic E-state index is 0.0127. The topological polar surface area (TPSA) is 32.3 Å². The molecule has 2 aliphatic heterocycles. The molecule has 1 aromatic carbocycles. The van der Waals surface area contributed by atoms with Crippen LogP contribution in [0.1, 0.15) is 54.4 Å². The SMILES string of the molecule is CC1CCCN(C(=O)c2cc(F)cc(C3CCNCC3)c2)C1. The number of rotatable bonds is 2. The number of likely N-dealkylation sites (tertiary alicyclic amines) is 1. The molecule has 1 aromatic rings. The number of nitrogens with zero attached hydrogens (tertiary/aromatic N) is 1. The molecule has 3 nitrogen and oxygen atoms in total. The molecule has 1 unspecified atom stereocenters. The van der Waals surface area contributed by atoms with Crippen molar-refractivity contribution in [2.45, 2.75) is 38.5 Å². The lowest BCUT2D eigenvalue weighted by molar-refractivity contribution is 0.0682. The standard InChI is InChI=1S/C18H25FN2O/c1-13-3-2-8-21(12-13)18(22)16-9-15(10-17(19)11-16)14-4-6-20-7-5-14/h9-11,13-14,20H,2-8,12H2,1H3. The van der Waals surface area contributed by atoms with Gasteiger partial charge in [0.15, 0.2) is 0 Å². The zero-order valence-electron chi connectivity index (χ0n) is 13.3. The van der Waals surface area contributed by atoms with Crippen molar-refractivity contribution in [3.63, 3.8) is 0 Å². The Hall–Kier alpha value is -1.42. The van der Waals surface area contributed by atoms with Gasteiger partial charge in [-0.1, -0.05) is 6.92 Å². The highest BCUT2D eigenvalue weighted by molar-refractivity contribution is 5.94. The molecule has 0 spiro atoms. The quantitative estimate of drug-likeness (QED) is 0.910. The molecule has 2 heterocycles. The molecule has 4 heteroatoms. The van der Waals surface area contributed by atoms with Gasteiger partial charge >= 0.3 is 0 Å². The van der Waals surface area contributed by atoms with Crippen LogP contribution in [-0.4, -0.2) is 37.0 Å². The summed E-state index contributed by atoms with van der Waals surface area (Å²) in [5.41, 5.74) is 1.50. The van der Waals surface area contributed by atoms with Crippen molar-refractivity contribution in [2.24, 2.45) is 5.92 Å². The number of nitrogens with one attached hydrogen (secondary N) is 1. The molecule has 1 atom stereocenters. The van der Waals surface area contributed by atoms with Gasteiger partial charge in [0.1, 0.15) is 5.82 Å². The molecule has 0 saturated carbocycles. The lowest BCUT2D eigenvalue weighted by atomic mass is 9.89. The first-order chi connectivity index (χ1) is 10.6. The summed E-state index contributed by atoms with van der Waals surface area (Å²) in [6, 6.07) is 4.92. The van der Waals surface area contributed by atoms with Crippen LogP contribution in [0, 0.1) is 11.7 Å². The average molecular weight is 304 g/mol. The van der Waals surface area contributed by atoms with Gasteiger partial charge in [0.25, 0.3) is 5.91 Å². The summed E-state index contributed by atoms with van der Waals surface area (Å²) >= 11 is 0. The van der Waals surface area contributed by atoms with Crippen LogP contribution in [0.15, 0.2) is 18.2 Å². The van der Waals surface area contributed by atoms with Gasteiger partial charge in [0, 0.05) is 18.7 Å². The molecule has 2 aliphatic rings. The summed E-state index contributed by atoms with van der Waals surface area (Å²) in [6.07, 6.45) is 4.24. The zero-order chi connectivity index (χ0) is 15.5. The Morgan fingerprint density at radius 2 is 2.00 bits per heavy atom. The predicted molar refractivity (Wildman–Crippen MR) is 85.5 cm³/mol. The van der Waals surface area contributed by atoms with Gasteiger partial charge in [0.05, 0.1) is 0 Å². The van der Waals surface area contributed by atoms with Crippen LogP contribution in [0.3, 0.4) is 0 Å². The second kappa shape index (κ2) is 6.78. The molecule has 1 N–H and O–H groups in total. The van der Waals surface area contributed by atoms with E-state index in [0.29, 0.717) is 17.4 Å². The number of piperidine rings is 2. The van der Waals surface area contributed by atoms with Crippen LogP contribution in [0.4, 0.5) is 4.39 Å². The highest BCUT2D eigenvalue weighted by atomic mass is 19.1. The maximum Gasteiger partial charge on any atom is 0.253 e. The van der Waals surface area contributed by atoms with Crippen LogP contribution in [0.25, 0.3) is 0 Å². The lowest BCUT2D eigenvalue weighted by Gasteiger charge is -2.31. The Morgan fingerprint density at radius 1 is 1.23 bits per heavy atom. The van der Waals surface area contributed by atoms with E-state index in [9.17, 15) is 9.18 Å². The molecular weight excluding hydrogens is 279 g/mol. The van der Waals surface area contributed by atoms with Crippen molar-refractivity contribution in [3.05, 3.63) is 35.1 Å². The first-order valence-corrected chi connectivity index (χ1v) is 8.44. The van der Waals surface area contributed by atoms with Gasteiger partial charge in [-0.05, 0) is 74.4 Å². The maximum atomic E-state index is 14.0. The fourth-order valence-corrected chi connectivity index (χ4v) is 3.68. The molecule has 120 valence electrons. The number of carbonyl (C=O) groups excluding carboxylic acids is 1. The highest BCUT2D eigenvalue weighted by Crippen LogP contribution is 2.27. The van der Waals surface area contributed by atoms with Crippen molar-refractivity contribution in [3.8, 4) is 0 Å². The Morgan fingerprint density at radius 3 is 2.73 bits per heavy atom. The van der Waals surface area contributed by atoms with Gasteiger partial charge in [-0.25, -0.2) is 4.39 Å². The minimum Gasteiger partial charge on any atom is -0.338 e. The predicted octanol–water partition coefficient (Wildman–Crippen LogP) is 3.16.